The minimum atomic E-state index is 0.843. The summed E-state index contributed by atoms with van der Waals surface area (Å²) in [6.45, 7) is 9.84. The van der Waals surface area contributed by atoms with Crippen molar-refractivity contribution >= 4 is 0 Å². The van der Waals surface area contributed by atoms with Gasteiger partial charge in [-0.1, -0.05) is 20.3 Å². The van der Waals surface area contributed by atoms with E-state index >= 15 is 0 Å². The first-order valence-corrected chi connectivity index (χ1v) is 5.76. The molecule has 2 rings (SSSR count). The molecular formula is C11H22N2. The second kappa shape index (κ2) is 3.97. The van der Waals surface area contributed by atoms with Gasteiger partial charge in [-0.05, 0) is 31.3 Å². The highest BCUT2D eigenvalue weighted by molar-refractivity contribution is 4.90. The predicted molar refractivity (Wildman–Crippen MR) is 55.8 cm³/mol. The van der Waals surface area contributed by atoms with Crippen molar-refractivity contribution in [1.82, 2.24) is 10.2 Å². The molecule has 0 radical (unpaired) electrons. The zero-order chi connectivity index (χ0) is 9.26. The van der Waals surface area contributed by atoms with E-state index in [-0.39, 0.29) is 0 Å². The molecule has 0 aromatic rings. The van der Waals surface area contributed by atoms with Crippen LogP contribution in [-0.4, -0.2) is 37.1 Å². The van der Waals surface area contributed by atoms with Crippen molar-refractivity contribution in [2.45, 2.75) is 32.7 Å². The Labute approximate surface area is 81.7 Å². The minimum absolute atomic E-state index is 0.843. The average molecular weight is 182 g/mol. The van der Waals surface area contributed by atoms with Crippen LogP contribution in [0.5, 0.6) is 0 Å². The molecule has 3 unspecified atom stereocenters. The van der Waals surface area contributed by atoms with Crippen molar-refractivity contribution in [1.29, 1.82) is 0 Å². The second-order valence-corrected chi connectivity index (χ2v) is 4.78. The molecule has 2 heterocycles. The standard InChI is InChI=1S/C11H22N2/c1-3-10-6-12-7-11(10)13-5-4-9(2)8-13/h9-12H,3-8H2,1-2H3. The van der Waals surface area contributed by atoms with Gasteiger partial charge in [0.05, 0.1) is 0 Å². The zero-order valence-corrected chi connectivity index (χ0v) is 8.92. The summed E-state index contributed by atoms with van der Waals surface area (Å²) in [5.41, 5.74) is 0. The van der Waals surface area contributed by atoms with Crippen LogP contribution in [0.15, 0.2) is 0 Å². The summed E-state index contributed by atoms with van der Waals surface area (Å²) >= 11 is 0. The number of rotatable bonds is 2. The van der Waals surface area contributed by atoms with E-state index in [4.69, 9.17) is 0 Å². The van der Waals surface area contributed by atoms with E-state index in [1.165, 1.54) is 39.0 Å². The van der Waals surface area contributed by atoms with Crippen LogP contribution in [0.4, 0.5) is 0 Å². The molecule has 0 amide bonds. The third kappa shape index (κ3) is 1.89. The fourth-order valence-electron chi connectivity index (χ4n) is 2.83. The Hall–Kier alpha value is -0.0800. The van der Waals surface area contributed by atoms with Crippen molar-refractivity contribution in [3.8, 4) is 0 Å². The normalized spacial score (nSPS) is 41.5. The maximum Gasteiger partial charge on any atom is 0.0260 e. The molecule has 0 bridgehead atoms. The van der Waals surface area contributed by atoms with Gasteiger partial charge < -0.3 is 5.32 Å². The Morgan fingerprint density at radius 3 is 2.85 bits per heavy atom. The van der Waals surface area contributed by atoms with Crippen LogP contribution < -0.4 is 5.32 Å². The van der Waals surface area contributed by atoms with Crippen molar-refractivity contribution in [3.63, 3.8) is 0 Å². The molecule has 76 valence electrons. The molecule has 0 saturated carbocycles. The SMILES string of the molecule is CCC1CNCC1N1CCC(C)C1. The molecule has 2 saturated heterocycles. The van der Waals surface area contributed by atoms with Crippen LogP contribution >= 0.6 is 0 Å². The summed E-state index contributed by atoms with van der Waals surface area (Å²) in [6, 6.07) is 0.843. The summed E-state index contributed by atoms with van der Waals surface area (Å²) < 4.78 is 0. The molecule has 0 aliphatic carbocycles. The lowest BCUT2D eigenvalue weighted by Crippen LogP contribution is -2.38. The molecule has 3 atom stereocenters. The third-order valence-corrected chi connectivity index (χ3v) is 3.75. The van der Waals surface area contributed by atoms with Gasteiger partial charge in [0.1, 0.15) is 0 Å². The lowest BCUT2D eigenvalue weighted by Gasteiger charge is -2.27. The van der Waals surface area contributed by atoms with Gasteiger partial charge in [0, 0.05) is 19.1 Å². The van der Waals surface area contributed by atoms with Crippen LogP contribution in [0.3, 0.4) is 0 Å². The number of nitrogens with zero attached hydrogens (tertiary/aromatic N) is 1. The highest BCUT2D eigenvalue weighted by Gasteiger charge is 2.33. The largest absolute Gasteiger partial charge is 0.315 e. The minimum Gasteiger partial charge on any atom is -0.315 e. The predicted octanol–water partition coefficient (Wildman–Crippen LogP) is 1.33. The summed E-state index contributed by atoms with van der Waals surface area (Å²) in [7, 11) is 0. The van der Waals surface area contributed by atoms with E-state index in [0.29, 0.717) is 0 Å². The molecule has 2 aliphatic rings. The Morgan fingerprint density at radius 2 is 2.23 bits per heavy atom. The fourth-order valence-corrected chi connectivity index (χ4v) is 2.83. The van der Waals surface area contributed by atoms with Crippen LogP contribution in [0.1, 0.15) is 26.7 Å². The molecule has 0 aromatic carbocycles. The number of hydrogen-bond acceptors (Lipinski definition) is 2. The summed E-state index contributed by atoms with van der Waals surface area (Å²) in [5, 5.41) is 3.52. The first-order chi connectivity index (χ1) is 6.31. The van der Waals surface area contributed by atoms with Gasteiger partial charge in [0.25, 0.3) is 0 Å². The highest BCUT2D eigenvalue weighted by atomic mass is 15.2. The summed E-state index contributed by atoms with van der Waals surface area (Å²) in [5.74, 6) is 1.84. The van der Waals surface area contributed by atoms with Crippen LogP contribution in [0, 0.1) is 11.8 Å². The van der Waals surface area contributed by atoms with Crippen molar-refractivity contribution in [3.05, 3.63) is 0 Å². The molecule has 2 aliphatic heterocycles. The van der Waals surface area contributed by atoms with Gasteiger partial charge in [0.2, 0.25) is 0 Å². The van der Waals surface area contributed by atoms with Crippen molar-refractivity contribution in [2.75, 3.05) is 26.2 Å². The monoisotopic (exact) mass is 182 g/mol. The smallest absolute Gasteiger partial charge is 0.0260 e. The van der Waals surface area contributed by atoms with Crippen LogP contribution in [0.2, 0.25) is 0 Å². The molecule has 2 heteroatoms. The van der Waals surface area contributed by atoms with E-state index in [9.17, 15) is 0 Å². The lowest BCUT2D eigenvalue weighted by atomic mass is 10.00. The first kappa shape index (κ1) is 9.47. The van der Waals surface area contributed by atoms with Crippen molar-refractivity contribution in [2.24, 2.45) is 11.8 Å². The number of hydrogen-bond donors (Lipinski definition) is 1. The van der Waals surface area contributed by atoms with Gasteiger partial charge in [0.15, 0.2) is 0 Å². The van der Waals surface area contributed by atoms with E-state index in [1.807, 2.05) is 0 Å². The average Bonchev–Trinajstić information content (AvgIpc) is 2.71. The van der Waals surface area contributed by atoms with E-state index < -0.39 is 0 Å². The highest BCUT2D eigenvalue weighted by Crippen LogP contribution is 2.25. The number of likely N-dealkylation sites (tertiary alicyclic amines) is 1. The van der Waals surface area contributed by atoms with E-state index in [2.05, 4.69) is 24.1 Å². The molecular weight excluding hydrogens is 160 g/mol. The van der Waals surface area contributed by atoms with Gasteiger partial charge in [-0.25, -0.2) is 0 Å². The molecule has 0 aromatic heterocycles. The summed E-state index contributed by atoms with van der Waals surface area (Å²) in [6.07, 6.45) is 2.75. The van der Waals surface area contributed by atoms with Gasteiger partial charge in [-0.2, -0.15) is 0 Å². The van der Waals surface area contributed by atoms with E-state index in [1.54, 1.807) is 0 Å². The fraction of sp³-hybridized carbons (Fsp3) is 1.00. The molecule has 13 heavy (non-hydrogen) atoms. The number of nitrogens with one attached hydrogen (secondary N) is 1. The maximum absolute atomic E-state index is 3.52. The Morgan fingerprint density at radius 1 is 1.38 bits per heavy atom. The second-order valence-electron chi connectivity index (χ2n) is 4.78. The molecule has 2 fully saturated rings. The van der Waals surface area contributed by atoms with Gasteiger partial charge >= 0.3 is 0 Å². The van der Waals surface area contributed by atoms with Gasteiger partial charge in [-0.15, -0.1) is 0 Å². The molecule has 0 spiro atoms. The maximum atomic E-state index is 3.52. The Kier molecular flexibility index (Phi) is 2.89. The Balaban J connectivity index is 1.92. The first-order valence-electron chi connectivity index (χ1n) is 5.76. The Bertz CT molecular complexity index is 169. The van der Waals surface area contributed by atoms with Crippen LogP contribution in [-0.2, 0) is 0 Å². The molecule has 1 N–H and O–H groups in total. The topological polar surface area (TPSA) is 15.3 Å². The summed E-state index contributed by atoms with van der Waals surface area (Å²) in [4.78, 5) is 2.71. The van der Waals surface area contributed by atoms with Crippen molar-refractivity contribution < 1.29 is 0 Å². The van der Waals surface area contributed by atoms with Crippen LogP contribution in [0.25, 0.3) is 0 Å². The lowest BCUT2D eigenvalue weighted by molar-refractivity contribution is 0.203. The third-order valence-electron chi connectivity index (χ3n) is 3.75. The zero-order valence-electron chi connectivity index (χ0n) is 8.92. The molecule has 2 nitrogen and oxygen atoms in total. The van der Waals surface area contributed by atoms with E-state index in [0.717, 1.165) is 17.9 Å². The quantitative estimate of drug-likeness (QED) is 0.693. The van der Waals surface area contributed by atoms with Gasteiger partial charge in [-0.3, -0.25) is 4.90 Å².